The Morgan fingerprint density at radius 1 is 0.900 bits per heavy atom. The summed E-state index contributed by atoms with van der Waals surface area (Å²) in [6.45, 7) is 1.76. The van der Waals surface area contributed by atoms with Crippen LogP contribution >= 0.6 is 0 Å². The van der Waals surface area contributed by atoms with Crippen molar-refractivity contribution in [2.45, 2.75) is 6.92 Å². The van der Waals surface area contributed by atoms with E-state index in [2.05, 4.69) is 0 Å². The van der Waals surface area contributed by atoms with E-state index in [1.165, 1.54) is 0 Å². The van der Waals surface area contributed by atoms with E-state index in [1.54, 1.807) is 31.2 Å². The van der Waals surface area contributed by atoms with Gasteiger partial charge in [0, 0.05) is 0 Å². The monoisotopic (exact) mass is 264 g/mol. The first-order valence-electron chi connectivity index (χ1n) is 6.30. The van der Waals surface area contributed by atoms with E-state index < -0.39 is 5.97 Å². The summed E-state index contributed by atoms with van der Waals surface area (Å²) in [4.78, 5) is 24.6. The van der Waals surface area contributed by atoms with Gasteiger partial charge >= 0.3 is 5.97 Å². The van der Waals surface area contributed by atoms with Gasteiger partial charge in [-0.05, 0) is 30.2 Å². The number of esters is 1. The Bertz CT molecular complexity index is 727. The van der Waals surface area contributed by atoms with E-state index in [0.29, 0.717) is 16.9 Å². The van der Waals surface area contributed by atoms with E-state index >= 15 is 0 Å². The zero-order chi connectivity index (χ0) is 14.1. The Morgan fingerprint density at radius 3 is 2.30 bits per heavy atom. The lowest BCUT2D eigenvalue weighted by atomic mass is 9.93. The zero-order valence-corrected chi connectivity index (χ0v) is 10.9. The first-order chi connectivity index (χ1) is 9.68. The van der Waals surface area contributed by atoms with E-state index in [9.17, 15) is 9.59 Å². The molecule has 3 rings (SSSR count). The summed E-state index contributed by atoms with van der Waals surface area (Å²) < 4.78 is 5.24. The van der Waals surface area contributed by atoms with Gasteiger partial charge in [0.2, 0.25) is 5.78 Å². The van der Waals surface area contributed by atoms with E-state index in [0.717, 1.165) is 5.56 Å². The third kappa shape index (κ3) is 1.93. The average Bonchev–Trinajstić information content (AvgIpc) is 2.48. The normalized spacial score (nSPS) is 16.4. The molecule has 0 radical (unpaired) electrons. The van der Waals surface area contributed by atoms with Crippen LogP contribution in [0.15, 0.2) is 60.2 Å². The number of ether oxygens (including phenoxy) is 1. The van der Waals surface area contributed by atoms with Crippen molar-refractivity contribution in [2.75, 3.05) is 0 Å². The van der Waals surface area contributed by atoms with E-state index in [1.807, 2.05) is 30.3 Å². The molecule has 0 spiro atoms. The Labute approximate surface area is 116 Å². The molecular formula is C17H12O3. The molecule has 0 saturated carbocycles. The third-order valence-electron chi connectivity index (χ3n) is 3.35. The lowest BCUT2D eigenvalue weighted by molar-refractivity contribution is -0.130. The lowest BCUT2D eigenvalue weighted by Crippen LogP contribution is -2.26. The highest BCUT2D eigenvalue weighted by Gasteiger charge is 2.32. The van der Waals surface area contributed by atoms with Crippen molar-refractivity contribution in [3.8, 4) is 5.75 Å². The van der Waals surface area contributed by atoms with Gasteiger partial charge in [0.05, 0.1) is 5.56 Å². The summed E-state index contributed by atoms with van der Waals surface area (Å²) in [6, 6.07) is 16.1. The first-order valence-corrected chi connectivity index (χ1v) is 6.30. The maximum absolute atomic E-state index is 12.5. The molecule has 2 aromatic rings. The van der Waals surface area contributed by atoms with Gasteiger partial charge in [0.1, 0.15) is 11.3 Å². The van der Waals surface area contributed by atoms with Crippen LogP contribution in [-0.2, 0) is 4.79 Å². The van der Waals surface area contributed by atoms with E-state index in [-0.39, 0.29) is 11.4 Å². The summed E-state index contributed by atoms with van der Waals surface area (Å²) in [5, 5.41) is 0. The highest BCUT2D eigenvalue weighted by Crippen LogP contribution is 2.31. The van der Waals surface area contributed by atoms with Crippen LogP contribution in [0.5, 0.6) is 5.75 Å². The molecule has 1 aliphatic heterocycles. The van der Waals surface area contributed by atoms with Crippen LogP contribution in [0.2, 0.25) is 0 Å². The fourth-order valence-electron chi connectivity index (χ4n) is 2.28. The number of Topliss-reactive ketones (excluding diaryl/α,β-unsaturated/α-hetero) is 1. The molecule has 20 heavy (non-hydrogen) atoms. The molecule has 0 amide bonds. The average molecular weight is 264 g/mol. The molecule has 2 aromatic carbocycles. The molecule has 0 fully saturated rings. The number of hydrogen-bond donors (Lipinski definition) is 0. The first kappa shape index (κ1) is 12.4. The van der Waals surface area contributed by atoms with Crippen LogP contribution < -0.4 is 4.74 Å². The third-order valence-corrected chi connectivity index (χ3v) is 3.35. The smallest absolute Gasteiger partial charge is 0.347 e. The molecule has 0 saturated heterocycles. The van der Waals surface area contributed by atoms with E-state index in [4.69, 9.17) is 4.74 Å². The number of carbonyl (C=O) groups is 2. The number of ketones is 1. The molecule has 0 bridgehead atoms. The van der Waals surface area contributed by atoms with Crippen LogP contribution in [0.1, 0.15) is 22.8 Å². The lowest BCUT2D eigenvalue weighted by Gasteiger charge is -2.18. The summed E-state index contributed by atoms with van der Waals surface area (Å²) in [6.07, 6.45) is 0. The number of fused-ring (bicyclic) bond motifs is 1. The second kappa shape index (κ2) is 4.78. The minimum absolute atomic E-state index is 0.106. The van der Waals surface area contributed by atoms with Crippen molar-refractivity contribution < 1.29 is 14.3 Å². The van der Waals surface area contributed by atoms with Gasteiger partial charge in [0.25, 0.3) is 0 Å². The number of hydrogen-bond acceptors (Lipinski definition) is 3. The quantitative estimate of drug-likeness (QED) is 0.343. The summed E-state index contributed by atoms with van der Waals surface area (Å²) >= 11 is 0. The maximum Gasteiger partial charge on any atom is 0.347 e. The molecule has 0 unspecified atom stereocenters. The van der Waals surface area contributed by atoms with Gasteiger partial charge in [-0.3, -0.25) is 4.79 Å². The summed E-state index contributed by atoms with van der Waals surface area (Å²) in [5.41, 5.74) is 2.01. The van der Waals surface area contributed by atoms with Crippen molar-refractivity contribution in [3.05, 3.63) is 71.3 Å². The predicted molar refractivity (Wildman–Crippen MR) is 75.4 cm³/mol. The minimum Gasteiger partial charge on any atom is -0.422 e. The highest BCUT2D eigenvalue weighted by molar-refractivity contribution is 6.31. The number of para-hydroxylation sites is 1. The van der Waals surface area contributed by atoms with Gasteiger partial charge in [-0.2, -0.15) is 0 Å². The molecule has 0 aromatic heterocycles. The van der Waals surface area contributed by atoms with Crippen LogP contribution in [0.3, 0.4) is 0 Å². The maximum atomic E-state index is 12.5. The van der Waals surface area contributed by atoms with Gasteiger partial charge in [-0.15, -0.1) is 0 Å². The Kier molecular flexibility index (Phi) is 2.95. The highest BCUT2D eigenvalue weighted by atomic mass is 16.5. The van der Waals surface area contributed by atoms with Crippen molar-refractivity contribution in [1.82, 2.24) is 0 Å². The number of allylic oxidation sites excluding steroid dienone is 1. The van der Waals surface area contributed by atoms with Crippen LogP contribution in [0.4, 0.5) is 0 Å². The number of benzene rings is 2. The fourth-order valence-corrected chi connectivity index (χ4v) is 2.28. The summed E-state index contributed by atoms with van der Waals surface area (Å²) in [5.74, 6) is -0.541. The van der Waals surface area contributed by atoms with Crippen molar-refractivity contribution in [2.24, 2.45) is 0 Å². The molecule has 3 nitrogen and oxygen atoms in total. The number of carbonyl (C=O) groups excluding carboxylic acids is 2. The summed E-state index contributed by atoms with van der Waals surface area (Å²) in [7, 11) is 0. The fraction of sp³-hybridized carbons (Fsp3) is 0.0588. The van der Waals surface area contributed by atoms with Crippen molar-refractivity contribution in [3.63, 3.8) is 0 Å². The second-order valence-electron chi connectivity index (χ2n) is 4.58. The van der Waals surface area contributed by atoms with Crippen LogP contribution in [0, 0.1) is 0 Å². The molecule has 98 valence electrons. The SMILES string of the molecule is C/C(=C1/C(=O)Oc2ccccc2C1=O)c1ccccc1. The van der Waals surface area contributed by atoms with Crippen molar-refractivity contribution >= 4 is 17.3 Å². The molecule has 0 atom stereocenters. The predicted octanol–water partition coefficient (Wildman–Crippen LogP) is 3.26. The Morgan fingerprint density at radius 2 is 1.55 bits per heavy atom. The molecule has 1 aliphatic rings. The van der Waals surface area contributed by atoms with Crippen LogP contribution in [0.25, 0.3) is 5.57 Å². The largest absolute Gasteiger partial charge is 0.422 e. The standard InChI is InChI=1S/C17H12O3/c1-11(12-7-3-2-4-8-12)15-16(18)13-9-5-6-10-14(13)20-17(15)19/h2-10H,1H3/b15-11-. The topological polar surface area (TPSA) is 43.4 Å². The molecule has 3 heteroatoms. The van der Waals surface area contributed by atoms with Crippen molar-refractivity contribution in [1.29, 1.82) is 0 Å². The van der Waals surface area contributed by atoms with Crippen LogP contribution in [-0.4, -0.2) is 11.8 Å². The minimum atomic E-state index is -0.588. The Balaban J connectivity index is 2.16. The van der Waals surface area contributed by atoms with Gasteiger partial charge in [0.15, 0.2) is 0 Å². The second-order valence-corrected chi connectivity index (χ2v) is 4.58. The molecule has 0 aliphatic carbocycles. The number of rotatable bonds is 1. The zero-order valence-electron chi connectivity index (χ0n) is 10.9. The molecule has 0 N–H and O–H groups in total. The molecular weight excluding hydrogens is 252 g/mol. The van der Waals surface area contributed by atoms with Gasteiger partial charge in [-0.1, -0.05) is 42.5 Å². The Hall–Kier alpha value is -2.68. The van der Waals surface area contributed by atoms with Gasteiger partial charge < -0.3 is 4.74 Å². The molecule has 1 heterocycles. The van der Waals surface area contributed by atoms with Gasteiger partial charge in [-0.25, -0.2) is 4.79 Å².